The van der Waals surface area contributed by atoms with Gasteiger partial charge in [-0.15, -0.1) is 0 Å². The first-order chi connectivity index (χ1) is 11.0. The van der Waals surface area contributed by atoms with Crippen molar-refractivity contribution in [1.82, 2.24) is 4.72 Å². The van der Waals surface area contributed by atoms with Crippen molar-refractivity contribution in [1.29, 1.82) is 0 Å². The quantitative estimate of drug-likeness (QED) is 0.872. The molecule has 5 nitrogen and oxygen atoms in total. The number of nitrogens with one attached hydrogen (secondary N) is 1. The lowest BCUT2D eigenvalue weighted by molar-refractivity contribution is 0.182. The number of ether oxygens (including phenoxy) is 1. The molecule has 0 fully saturated rings. The predicted molar refractivity (Wildman–Crippen MR) is 82.2 cm³/mol. The molecule has 0 unspecified atom stereocenters. The molecule has 0 aliphatic carbocycles. The molecule has 1 aliphatic heterocycles. The molecule has 0 aromatic heterocycles. The second-order valence-electron chi connectivity index (χ2n) is 5.26. The van der Waals surface area contributed by atoms with Gasteiger partial charge in [-0.25, -0.2) is 17.5 Å². The first kappa shape index (κ1) is 15.9. The Morgan fingerprint density at radius 3 is 2.83 bits per heavy atom. The van der Waals surface area contributed by atoms with Gasteiger partial charge in [0.15, 0.2) is 0 Å². The Labute approximate surface area is 133 Å². The fraction of sp³-hybridized carbons (Fsp3) is 0.250. The standard InChI is InChI=1S/C16H16FNO4S/c17-13-3-1-2-4-16(13)23(20,21)18-10-14(19)11-5-6-15-12(9-11)7-8-22-15/h1-6,9,14,18-19H,7-8,10H2/t14-/m1/s1. The normalized spacial score (nSPS) is 15.0. The molecule has 2 aromatic carbocycles. The molecule has 0 amide bonds. The Bertz CT molecular complexity index is 823. The van der Waals surface area contributed by atoms with Crippen LogP contribution in [0.2, 0.25) is 0 Å². The molecule has 122 valence electrons. The largest absolute Gasteiger partial charge is 0.493 e. The molecule has 1 heterocycles. The van der Waals surface area contributed by atoms with Gasteiger partial charge in [-0.3, -0.25) is 0 Å². The number of aliphatic hydroxyl groups excluding tert-OH is 1. The highest BCUT2D eigenvalue weighted by Crippen LogP contribution is 2.28. The van der Waals surface area contributed by atoms with E-state index in [2.05, 4.69) is 4.72 Å². The first-order valence-electron chi connectivity index (χ1n) is 7.15. The Morgan fingerprint density at radius 1 is 1.26 bits per heavy atom. The number of benzene rings is 2. The number of fused-ring (bicyclic) bond motifs is 1. The van der Waals surface area contributed by atoms with Crippen molar-refractivity contribution < 1.29 is 22.7 Å². The average molecular weight is 337 g/mol. The van der Waals surface area contributed by atoms with E-state index in [0.717, 1.165) is 23.8 Å². The van der Waals surface area contributed by atoms with Crippen molar-refractivity contribution in [3.8, 4) is 5.75 Å². The summed E-state index contributed by atoms with van der Waals surface area (Å²) in [7, 11) is -4.02. The molecule has 7 heteroatoms. The van der Waals surface area contributed by atoms with Crippen LogP contribution in [0.1, 0.15) is 17.2 Å². The molecule has 0 bridgehead atoms. The van der Waals surface area contributed by atoms with Crippen molar-refractivity contribution >= 4 is 10.0 Å². The lowest BCUT2D eigenvalue weighted by Crippen LogP contribution is -2.29. The number of hydrogen-bond acceptors (Lipinski definition) is 4. The summed E-state index contributed by atoms with van der Waals surface area (Å²) in [5.41, 5.74) is 1.57. The molecule has 2 N–H and O–H groups in total. The number of sulfonamides is 1. The molecular formula is C16H16FNO4S. The van der Waals surface area contributed by atoms with E-state index in [9.17, 15) is 17.9 Å². The SMILES string of the molecule is O=S(=O)(NC[C@@H](O)c1ccc2c(c1)CCO2)c1ccccc1F. The van der Waals surface area contributed by atoms with E-state index in [1.54, 1.807) is 18.2 Å². The third-order valence-electron chi connectivity index (χ3n) is 3.69. The Kier molecular flexibility index (Phi) is 4.34. The first-order valence-corrected chi connectivity index (χ1v) is 8.63. The lowest BCUT2D eigenvalue weighted by Gasteiger charge is -2.14. The maximum Gasteiger partial charge on any atom is 0.243 e. The van der Waals surface area contributed by atoms with Gasteiger partial charge in [-0.05, 0) is 35.4 Å². The van der Waals surface area contributed by atoms with E-state index in [-0.39, 0.29) is 6.54 Å². The van der Waals surface area contributed by atoms with Crippen molar-refractivity contribution in [2.24, 2.45) is 0 Å². The van der Waals surface area contributed by atoms with Gasteiger partial charge >= 0.3 is 0 Å². The van der Waals surface area contributed by atoms with Gasteiger partial charge in [0.2, 0.25) is 10.0 Å². The van der Waals surface area contributed by atoms with Crippen molar-refractivity contribution in [2.75, 3.05) is 13.2 Å². The van der Waals surface area contributed by atoms with Crippen molar-refractivity contribution in [2.45, 2.75) is 17.4 Å². The smallest absolute Gasteiger partial charge is 0.243 e. The monoisotopic (exact) mass is 337 g/mol. The summed E-state index contributed by atoms with van der Waals surface area (Å²) in [6.07, 6.45) is -0.265. The van der Waals surface area contributed by atoms with Gasteiger partial charge in [0.1, 0.15) is 16.5 Å². The van der Waals surface area contributed by atoms with Crippen LogP contribution in [0, 0.1) is 5.82 Å². The van der Waals surface area contributed by atoms with E-state index in [1.807, 2.05) is 0 Å². The summed E-state index contributed by atoms with van der Waals surface area (Å²) in [6, 6.07) is 10.3. The zero-order valence-corrected chi connectivity index (χ0v) is 13.0. The summed E-state index contributed by atoms with van der Waals surface area (Å²) in [6.45, 7) is 0.366. The van der Waals surface area contributed by atoms with Crippen LogP contribution >= 0.6 is 0 Å². The van der Waals surface area contributed by atoms with Gasteiger partial charge in [-0.1, -0.05) is 18.2 Å². The zero-order chi connectivity index (χ0) is 16.4. The third-order valence-corrected chi connectivity index (χ3v) is 5.15. The molecule has 0 radical (unpaired) electrons. The van der Waals surface area contributed by atoms with Gasteiger partial charge in [-0.2, -0.15) is 0 Å². The van der Waals surface area contributed by atoms with E-state index in [4.69, 9.17) is 4.74 Å². The summed E-state index contributed by atoms with van der Waals surface area (Å²) in [5.74, 6) is -0.0444. The van der Waals surface area contributed by atoms with Crippen LogP contribution < -0.4 is 9.46 Å². The van der Waals surface area contributed by atoms with Crippen LogP contribution in [0.25, 0.3) is 0 Å². The third kappa shape index (κ3) is 3.36. The lowest BCUT2D eigenvalue weighted by atomic mass is 10.0. The molecule has 1 atom stereocenters. The number of rotatable bonds is 5. The van der Waals surface area contributed by atoms with Gasteiger partial charge in [0.25, 0.3) is 0 Å². The molecule has 23 heavy (non-hydrogen) atoms. The molecular weight excluding hydrogens is 321 g/mol. The summed E-state index contributed by atoms with van der Waals surface area (Å²) in [5, 5.41) is 10.2. The maximum absolute atomic E-state index is 13.6. The van der Waals surface area contributed by atoms with Gasteiger partial charge in [0.05, 0.1) is 12.7 Å². The van der Waals surface area contributed by atoms with Crippen LogP contribution in [-0.4, -0.2) is 26.7 Å². The number of halogens is 1. The fourth-order valence-electron chi connectivity index (χ4n) is 2.46. The fourth-order valence-corrected chi connectivity index (χ4v) is 3.58. The summed E-state index contributed by atoms with van der Waals surface area (Å²) in [4.78, 5) is -0.436. The van der Waals surface area contributed by atoms with Crippen LogP contribution in [0.3, 0.4) is 0 Å². The van der Waals surface area contributed by atoms with Crippen molar-refractivity contribution in [3.05, 3.63) is 59.4 Å². The van der Waals surface area contributed by atoms with Crippen LogP contribution in [0.4, 0.5) is 4.39 Å². The molecule has 2 aromatic rings. The second-order valence-corrected chi connectivity index (χ2v) is 7.00. The highest BCUT2D eigenvalue weighted by Gasteiger charge is 2.21. The molecule has 3 rings (SSSR count). The van der Waals surface area contributed by atoms with Crippen molar-refractivity contribution in [3.63, 3.8) is 0 Å². The van der Waals surface area contributed by atoms with Crippen LogP contribution in [0.15, 0.2) is 47.4 Å². The average Bonchev–Trinajstić information content (AvgIpc) is 3.00. The highest BCUT2D eigenvalue weighted by molar-refractivity contribution is 7.89. The van der Waals surface area contributed by atoms with E-state index < -0.39 is 26.8 Å². The summed E-state index contributed by atoms with van der Waals surface area (Å²) < 4.78 is 45.4. The summed E-state index contributed by atoms with van der Waals surface area (Å²) >= 11 is 0. The van der Waals surface area contributed by atoms with E-state index in [0.29, 0.717) is 12.2 Å². The van der Waals surface area contributed by atoms with Gasteiger partial charge in [0, 0.05) is 13.0 Å². The Balaban J connectivity index is 1.71. The molecule has 1 aliphatic rings. The predicted octanol–water partition coefficient (Wildman–Crippen LogP) is 1.77. The number of aliphatic hydroxyl groups is 1. The minimum absolute atomic E-state index is 0.240. The molecule has 0 saturated heterocycles. The zero-order valence-electron chi connectivity index (χ0n) is 12.2. The van der Waals surface area contributed by atoms with Crippen LogP contribution in [-0.2, 0) is 16.4 Å². The Hall–Kier alpha value is -1.96. The molecule has 0 spiro atoms. The van der Waals surface area contributed by atoms with Crippen LogP contribution in [0.5, 0.6) is 5.75 Å². The molecule has 0 saturated carbocycles. The Morgan fingerprint density at radius 2 is 2.04 bits per heavy atom. The minimum atomic E-state index is -4.02. The topological polar surface area (TPSA) is 75.6 Å². The minimum Gasteiger partial charge on any atom is -0.493 e. The maximum atomic E-state index is 13.6. The second kappa shape index (κ2) is 6.27. The van der Waals surface area contributed by atoms with E-state index >= 15 is 0 Å². The van der Waals surface area contributed by atoms with Gasteiger partial charge < -0.3 is 9.84 Å². The highest BCUT2D eigenvalue weighted by atomic mass is 32.2. The van der Waals surface area contributed by atoms with E-state index in [1.165, 1.54) is 18.2 Å². The number of hydrogen-bond donors (Lipinski definition) is 2.